The summed E-state index contributed by atoms with van der Waals surface area (Å²) in [4.78, 5) is 15.9. The molecule has 1 rings (SSSR count). The summed E-state index contributed by atoms with van der Waals surface area (Å²) in [5, 5.41) is 3.05. The highest BCUT2D eigenvalue weighted by atomic mass is 35.5. The fraction of sp³-hybridized carbons (Fsp3) is 0.455. The number of pyridine rings is 1. The molecule has 0 aliphatic carbocycles. The predicted molar refractivity (Wildman–Crippen MR) is 70.5 cm³/mol. The maximum absolute atomic E-state index is 12.0. The quantitative estimate of drug-likeness (QED) is 0.411. The van der Waals surface area contributed by atoms with Gasteiger partial charge in [-0.25, -0.2) is 10.8 Å². The van der Waals surface area contributed by atoms with Crippen molar-refractivity contribution in [2.24, 2.45) is 5.84 Å². The van der Waals surface area contributed by atoms with Crippen LogP contribution >= 0.6 is 11.6 Å². The van der Waals surface area contributed by atoms with E-state index in [1.807, 2.05) is 6.92 Å². The number of anilines is 1. The van der Waals surface area contributed by atoms with E-state index in [1.54, 1.807) is 7.11 Å². The highest BCUT2D eigenvalue weighted by Crippen LogP contribution is 2.14. The molecular formula is C11H17ClN4O2. The number of methoxy groups -OCH3 is 1. The van der Waals surface area contributed by atoms with Gasteiger partial charge in [0.2, 0.25) is 0 Å². The van der Waals surface area contributed by atoms with E-state index in [0.717, 1.165) is 6.42 Å². The lowest BCUT2D eigenvalue weighted by Crippen LogP contribution is -2.37. The molecule has 100 valence electrons. The summed E-state index contributed by atoms with van der Waals surface area (Å²) in [5.41, 5.74) is 2.76. The number of aromatic nitrogens is 1. The molecule has 0 saturated heterocycles. The van der Waals surface area contributed by atoms with Crippen LogP contribution in [0.3, 0.4) is 0 Å². The summed E-state index contributed by atoms with van der Waals surface area (Å²) >= 11 is 5.79. The molecule has 6 nitrogen and oxygen atoms in total. The van der Waals surface area contributed by atoms with Gasteiger partial charge in [-0.05, 0) is 18.6 Å². The first-order valence-corrected chi connectivity index (χ1v) is 5.92. The number of halogens is 1. The molecule has 1 atom stereocenters. The van der Waals surface area contributed by atoms with Crippen molar-refractivity contribution in [3.63, 3.8) is 0 Å². The third-order valence-corrected chi connectivity index (χ3v) is 2.59. The SMILES string of the molecule is CCC(COC)NC(=O)c1cc(Cl)nc(NN)c1. The molecule has 0 aliphatic heterocycles. The van der Waals surface area contributed by atoms with Crippen molar-refractivity contribution in [1.82, 2.24) is 10.3 Å². The average Bonchev–Trinajstić information content (AvgIpc) is 2.37. The summed E-state index contributed by atoms with van der Waals surface area (Å²) in [7, 11) is 1.59. The largest absolute Gasteiger partial charge is 0.383 e. The van der Waals surface area contributed by atoms with Crippen LogP contribution in [0.15, 0.2) is 12.1 Å². The fourth-order valence-corrected chi connectivity index (χ4v) is 1.64. The molecule has 1 aromatic heterocycles. The molecule has 0 aromatic carbocycles. The summed E-state index contributed by atoms with van der Waals surface area (Å²) in [5.74, 6) is 5.34. The number of hydrazine groups is 1. The second-order valence-electron chi connectivity index (χ2n) is 3.74. The maximum Gasteiger partial charge on any atom is 0.251 e. The molecule has 18 heavy (non-hydrogen) atoms. The van der Waals surface area contributed by atoms with E-state index in [2.05, 4.69) is 15.7 Å². The van der Waals surface area contributed by atoms with Crippen LogP contribution < -0.4 is 16.6 Å². The Labute approximate surface area is 111 Å². The molecule has 1 unspecified atom stereocenters. The first kappa shape index (κ1) is 14.7. The van der Waals surface area contributed by atoms with Crippen molar-refractivity contribution < 1.29 is 9.53 Å². The molecule has 0 spiro atoms. The van der Waals surface area contributed by atoms with Crippen LogP contribution in [0.2, 0.25) is 5.15 Å². The second-order valence-corrected chi connectivity index (χ2v) is 4.13. The number of carbonyl (C=O) groups excluding carboxylic acids is 1. The number of hydrogen-bond donors (Lipinski definition) is 3. The van der Waals surface area contributed by atoms with Crippen LogP contribution in [-0.4, -0.2) is 30.6 Å². The third-order valence-electron chi connectivity index (χ3n) is 2.40. The van der Waals surface area contributed by atoms with Gasteiger partial charge in [0, 0.05) is 12.7 Å². The molecule has 7 heteroatoms. The number of ether oxygens (including phenoxy) is 1. The van der Waals surface area contributed by atoms with E-state index >= 15 is 0 Å². The van der Waals surface area contributed by atoms with Crippen LogP contribution in [0, 0.1) is 0 Å². The number of nitrogens with two attached hydrogens (primary N) is 1. The lowest BCUT2D eigenvalue weighted by Gasteiger charge is -2.16. The monoisotopic (exact) mass is 272 g/mol. The van der Waals surface area contributed by atoms with Gasteiger partial charge in [0.1, 0.15) is 11.0 Å². The zero-order valence-corrected chi connectivity index (χ0v) is 11.1. The van der Waals surface area contributed by atoms with Crippen LogP contribution in [0.4, 0.5) is 5.82 Å². The number of carbonyl (C=O) groups is 1. The topological polar surface area (TPSA) is 89.3 Å². The minimum absolute atomic E-state index is 0.0382. The molecule has 0 saturated carbocycles. The maximum atomic E-state index is 12.0. The van der Waals surface area contributed by atoms with Gasteiger partial charge in [-0.2, -0.15) is 0 Å². The molecule has 0 aliphatic rings. The number of amides is 1. The number of nitrogen functional groups attached to an aromatic ring is 1. The summed E-state index contributed by atoms with van der Waals surface area (Å²) < 4.78 is 5.01. The molecule has 0 fully saturated rings. The van der Waals surface area contributed by atoms with E-state index in [-0.39, 0.29) is 17.1 Å². The third kappa shape index (κ3) is 4.14. The Hall–Kier alpha value is -1.37. The Balaban J connectivity index is 2.79. The Morgan fingerprint density at radius 1 is 1.61 bits per heavy atom. The summed E-state index contributed by atoms with van der Waals surface area (Å²) in [6.07, 6.45) is 0.778. The minimum Gasteiger partial charge on any atom is -0.383 e. The zero-order valence-electron chi connectivity index (χ0n) is 10.4. The molecule has 1 heterocycles. The standard InChI is InChI=1S/C11H17ClN4O2/c1-3-8(6-18-2)14-11(17)7-4-9(12)15-10(5-7)16-13/h4-5,8H,3,6,13H2,1-2H3,(H,14,17)(H,15,16). The van der Waals surface area contributed by atoms with E-state index in [4.69, 9.17) is 22.2 Å². The van der Waals surface area contributed by atoms with Gasteiger partial charge in [-0.1, -0.05) is 18.5 Å². The van der Waals surface area contributed by atoms with Crippen molar-refractivity contribution in [3.05, 3.63) is 22.8 Å². The summed E-state index contributed by atoms with van der Waals surface area (Å²) in [6.45, 7) is 2.43. The Kier molecular flexibility index (Phi) is 5.84. The smallest absolute Gasteiger partial charge is 0.251 e. The average molecular weight is 273 g/mol. The van der Waals surface area contributed by atoms with Crippen molar-refractivity contribution >= 4 is 23.3 Å². The molecule has 0 radical (unpaired) electrons. The minimum atomic E-state index is -0.236. The highest BCUT2D eigenvalue weighted by molar-refractivity contribution is 6.29. The fourth-order valence-electron chi connectivity index (χ4n) is 1.43. The van der Waals surface area contributed by atoms with E-state index in [9.17, 15) is 4.79 Å². The number of nitrogens with one attached hydrogen (secondary N) is 2. The van der Waals surface area contributed by atoms with Crippen LogP contribution in [-0.2, 0) is 4.74 Å². The lowest BCUT2D eigenvalue weighted by molar-refractivity contribution is 0.0894. The Morgan fingerprint density at radius 2 is 2.33 bits per heavy atom. The lowest BCUT2D eigenvalue weighted by atomic mass is 10.2. The Morgan fingerprint density at radius 3 is 2.89 bits per heavy atom. The van der Waals surface area contributed by atoms with Gasteiger partial charge in [0.05, 0.1) is 12.6 Å². The van der Waals surface area contributed by atoms with Gasteiger partial charge in [-0.15, -0.1) is 0 Å². The normalized spacial score (nSPS) is 12.0. The van der Waals surface area contributed by atoms with E-state index in [1.165, 1.54) is 12.1 Å². The van der Waals surface area contributed by atoms with Gasteiger partial charge < -0.3 is 15.5 Å². The van der Waals surface area contributed by atoms with Crippen LogP contribution in [0.1, 0.15) is 23.7 Å². The first-order valence-electron chi connectivity index (χ1n) is 5.54. The molecular weight excluding hydrogens is 256 g/mol. The number of hydrogen-bond acceptors (Lipinski definition) is 5. The highest BCUT2D eigenvalue weighted by Gasteiger charge is 2.13. The summed E-state index contributed by atoms with van der Waals surface area (Å²) in [6, 6.07) is 2.97. The first-order chi connectivity index (χ1) is 8.60. The molecule has 4 N–H and O–H groups in total. The van der Waals surface area contributed by atoms with Crippen molar-refractivity contribution in [1.29, 1.82) is 0 Å². The van der Waals surface area contributed by atoms with Crippen molar-refractivity contribution in [2.75, 3.05) is 19.1 Å². The zero-order chi connectivity index (χ0) is 13.5. The van der Waals surface area contributed by atoms with Crippen molar-refractivity contribution in [3.8, 4) is 0 Å². The van der Waals surface area contributed by atoms with E-state index < -0.39 is 0 Å². The van der Waals surface area contributed by atoms with Crippen LogP contribution in [0.25, 0.3) is 0 Å². The van der Waals surface area contributed by atoms with Gasteiger partial charge in [0.25, 0.3) is 5.91 Å². The Bertz CT molecular complexity index is 414. The predicted octanol–water partition coefficient (Wildman–Crippen LogP) is 1.18. The van der Waals surface area contributed by atoms with Gasteiger partial charge in [0.15, 0.2) is 0 Å². The molecule has 1 amide bonds. The van der Waals surface area contributed by atoms with E-state index in [0.29, 0.717) is 18.0 Å². The number of rotatable bonds is 6. The second kappa shape index (κ2) is 7.15. The number of nitrogens with zero attached hydrogens (tertiary/aromatic N) is 1. The molecule has 0 bridgehead atoms. The van der Waals surface area contributed by atoms with Crippen molar-refractivity contribution in [2.45, 2.75) is 19.4 Å². The van der Waals surface area contributed by atoms with Gasteiger partial charge >= 0.3 is 0 Å². The van der Waals surface area contributed by atoms with Crippen LogP contribution in [0.5, 0.6) is 0 Å². The van der Waals surface area contributed by atoms with Gasteiger partial charge in [-0.3, -0.25) is 4.79 Å². The molecule has 1 aromatic rings.